The van der Waals surface area contributed by atoms with Gasteiger partial charge in [-0.25, -0.2) is 4.79 Å². The molecule has 0 aliphatic rings. The largest absolute Gasteiger partial charge is 0.385 e. The number of aryl methyl sites for hydroxylation is 1. The van der Waals surface area contributed by atoms with Crippen molar-refractivity contribution in [1.29, 1.82) is 0 Å². The first-order valence-corrected chi connectivity index (χ1v) is 12.8. The minimum atomic E-state index is -0.311. The average molecular weight is 545 g/mol. The maximum absolute atomic E-state index is 13.5. The van der Waals surface area contributed by atoms with E-state index in [1.165, 1.54) is 5.56 Å². The molecule has 0 unspecified atom stereocenters. The molecular weight excluding hydrogens is 514 g/mol. The van der Waals surface area contributed by atoms with Gasteiger partial charge in [0.05, 0.1) is 6.54 Å². The Bertz CT molecular complexity index is 1070. The summed E-state index contributed by atoms with van der Waals surface area (Å²) in [5.41, 5.74) is 2.88. The molecule has 180 valence electrons. The first-order valence-electron chi connectivity index (χ1n) is 11.1. The number of ether oxygens (including phenoxy) is 1. The molecule has 3 amide bonds. The van der Waals surface area contributed by atoms with Crippen molar-refractivity contribution < 1.29 is 14.3 Å². The van der Waals surface area contributed by atoms with Gasteiger partial charge in [0.2, 0.25) is 5.91 Å². The number of nitrogens with zero attached hydrogens (tertiary/aromatic N) is 2. The first-order chi connectivity index (χ1) is 16.5. The fourth-order valence-electron chi connectivity index (χ4n) is 3.46. The summed E-state index contributed by atoms with van der Waals surface area (Å²) in [7, 11) is 1.63. The van der Waals surface area contributed by atoms with Crippen LogP contribution in [0.25, 0.3) is 0 Å². The number of carbonyl (C=O) groups is 2. The Morgan fingerprint density at radius 1 is 1.03 bits per heavy atom. The Morgan fingerprint density at radius 2 is 1.82 bits per heavy atom. The number of halogens is 1. The van der Waals surface area contributed by atoms with Crippen LogP contribution in [-0.2, 0) is 22.6 Å². The summed E-state index contributed by atoms with van der Waals surface area (Å²) in [5.74, 6) is -0.0986. The lowest BCUT2D eigenvalue weighted by Gasteiger charge is -2.28. The van der Waals surface area contributed by atoms with Gasteiger partial charge in [-0.1, -0.05) is 52.3 Å². The fraction of sp³-hybridized carbons (Fsp3) is 0.308. The zero-order valence-electron chi connectivity index (χ0n) is 19.5. The van der Waals surface area contributed by atoms with E-state index in [9.17, 15) is 9.59 Å². The van der Waals surface area contributed by atoms with Crippen LogP contribution in [-0.4, -0.2) is 48.5 Å². The van der Waals surface area contributed by atoms with Gasteiger partial charge in [0.1, 0.15) is 6.54 Å². The Hall–Kier alpha value is -2.68. The van der Waals surface area contributed by atoms with Crippen molar-refractivity contribution in [3.63, 3.8) is 0 Å². The second-order valence-electron chi connectivity index (χ2n) is 7.97. The highest BCUT2D eigenvalue weighted by Crippen LogP contribution is 2.20. The van der Waals surface area contributed by atoms with Gasteiger partial charge in [0.25, 0.3) is 0 Å². The number of thiophene rings is 1. The maximum atomic E-state index is 13.5. The summed E-state index contributed by atoms with van der Waals surface area (Å²) < 4.78 is 6.03. The molecule has 0 aliphatic heterocycles. The minimum Gasteiger partial charge on any atom is -0.385 e. The number of anilines is 1. The number of hydrogen-bond donors (Lipinski definition) is 1. The van der Waals surface area contributed by atoms with E-state index >= 15 is 0 Å². The number of methoxy groups -OCH3 is 1. The number of hydrogen-bond acceptors (Lipinski definition) is 4. The minimum absolute atomic E-state index is 0.0131. The lowest BCUT2D eigenvalue weighted by molar-refractivity contribution is -0.133. The standard InChI is InChI=1S/C26H30BrN3O3S/c1-20-12-15-34-24(20)18-30(17-21-8-4-3-5-9-21)25(31)19-29(13-7-14-33-2)26(32)28-23-11-6-10-22(27)16-23/h3-6,8-12,15-16H,7,13-14,17-19H2,1-2H3,(H,28,32). The van der Waals surface area contributed by atoms with Crippen LogP contribution >= 0.6 is 27.3 Å². The molecule has 0 radical (unpaired) electrons. The van der Waals surface area contributed by atoms with Crippen molar-refractivity contribution in [2.75, 3.05) is 32.1 Å². The first kappa shape index (κ1) is 25.9. The smallest absolute Gasteiger partial charge is 0.322 e. The third kappa shape index (κ3) is 7.97. The molecule has 0 saturated carbocycles. The molecule has 0 bridgehead atoms. The highest BCUT2D eigenvalue weighted by Gasteiger charge is 2.22. The Balaban J connectivity index is 1.76. The SMILES string of the molecule is COCCCN(CC(=O)N(Cc1ccccc1)Cc1sccc1C)C(=O)Nc1cccc(Br)c1. The van der Waals surface area contributed by atoms with Crippen molar-refractivity contribution in [2.45, 2.75) is 26.4 Å². The van der Waals surface area contributed by atoms with E-state index in [0.29, 0.717) is 38.3 Å². The van der Waals surface area contributed by atoms with Crippen molar-refractivity contribution >= 4 is 44.9 Å². The van der Waals surface area contributed by atoms with Crippen LogP contribution < -0.4 is 5.32 Å². The van der Waals surface area contributed by atoms with Crippen molar-refractivity contribution in [2.24, 2.45) is 0 Å². The van der Waals surface area contributed by atoms with E-state index in [2.05, 4.69) is 34.2 Å². The number of carbonyl (C=O) groups excluding carboxylic acids is 2. The van der Waals surface area contributed by atoms with Crippen LogP contribution in [0, 0.1) is 6.92 Å². The van der Waals surface area contributed by atoms with Crippen molar-refractivity contribution in [1.82, 2.24) is 9.80 Å². The predicted molar refractivity (Wildman–Crippen MR) is 141 cm³/mol. The van der Waals surface area contributed by atoms with E-state index in [1.54, 1.807) is 23.3 Å². The molecule has 3 aromatic rings. The van der Waals surface area contributed by atoms with Gasteiger partial charge in [-0.2, -0.15) is 0 Å². The van der Waals surface area contributed by atoms with E-state index in [4.69, 9.17) is 4.74 Å². The molecule has 6 nitrogen and oxygen atoms in total. The highest BCUT2D eigenvalue weighted by atomic mass is 79.9. The molecule has 1 N–H and O–H groups in total. The number of amides is 3. The summed E-state index contributed by atoms with van der Waals surface area (Å²) in [6, 6.07) is 19.1. The molecule has 1 aromatic heterocycles. The predicted octanol–water partition coefficient (Wildman–Crippen LogP) is 5.92. The van der Waals surface area contributed by atoms with E-state index < -0.39 is 0 Å². The van der Waals surface area contributed by atoms with Gasteiger partial charge >= 0.3 is 6.03 Å². The highest BCUT2D eigenvalue weighted by molar-refractivity contribution is 9.10. The normalized spacial score (nSPS) is 10.7. The van der Waals surface area contributed by atoms with E-state index in [0.717, 1.165) is 14.9 Å². The van der Waals surface area contributed by atoms with Gasteiger partial charge in [-0.05, 0) is 54.1 Å². The quantitative estimate of drug-likeness (QED) is 0.305. The van der Waals surface area contributed by atoms with Gasteiger partial charge in [0.15, 0.2) is 0 Å². The lowest BCUT2D eigenvalue weighted by Crippen LogP contribution is -2.44. The van der Waals surface area contributed by atoms with Crippen LogP contribution in [0.15, 0.2) is 70.5 Å². The van der Waals surface area contributed by atoms with Crippen LogP contribution in [0.3, 0.4) is 0 Å². The monoisotopic (exact) mass is 543 g/mol. The van der Waals surface area contributed by atoms with E-state index in [-0.39, 0.29) is 18.5 Å². The molecule has 0 aliphatic carbocycles. The molecular formula is C26H30BrN3O3S. The number of urea groups is 1. The zero-order valence-corrected chi connectivity index (χ0v) is 21.9. The van der Waals surface area contributed by atoms with Crippen LogP contribution in [0.2, 0.25) is 0 Å². The van der Waals surface area contributed by atoms with Crippen LogP contribution in [0.5, 0.6) is 0 Å². The summed E-state index contributed by atoms with van der Waals surface area (Å²) in [6.07, 6.45) is 0.637. The summed E-state index contributed by atoms with van der Waals surface area (Å²) >= 11 is 5.07. The second-order valence-corrected chi connectivity index (χ2v) is 9.89. The topological polar surface area (TPSA) is 61.9 Å². The summed E-state index contributed by atoms with van der Waals surface area (Å²) in [6.45, 7) is 3.96. The zero-order chi connectivity index (χ0) is 24.3. The number of rotatable bonds is 11. The average Bonchev–Trinajstić information content (AvgIpc) is 3.23. The third-order valence-electron chi connectivity index (χ3n) is 5.34. The molecule has 0 spiro atoms. The van der Waals surface area contributed by atoms with E-state index in [1.807, 2.05) is 64.9 Å². The lowest BCUT2D eigenvalue weighted by atomic mass is 10.2. The number of benzene rings is 2. The van der Waals surface area contributed by atoms with Gasteiger partial charge in [-0.3, -0.25) is 4.79 Å². The Kier molecular flexibility index (Phi) is 10.1. The molecule has 0 atom stereocenters. The van der Waals surface area contributed by atoms with Crippen molar-refractivity contribution in [3.05, 3.63) is 86.5 Å². The Labute approximate surface area is 213 Å². The summed E-state index contributed by atoms with van der Waals surface area (Å²) in [5, 5.41) is 4.95. The maximum Gasteiger partial charge on any atom is 0.322 e. The van der Waals surface area contributed by atoms with Gasteiger partial charge in [-0.15, -0.1) is 11.3 Å². The fourth-order valence-corrected chi connectivity index (χ4v) is 4.78. The van der Waals surface area contributed by atoms with Gasteiger partial charge in [0, 0.05) is 41.8 Å². The van der Waals surface area contributed by atoms with Gasteiger partial charge < -0.3 is 19.9 Å². The molecule has 1 heterocycles. The number of nitrogens with one attached hydrogen (secondary N) is 1. The van der Waals surface area contributed by atoms with Crippen LogP contribution in [0.4, 0.5) is 10.5 Å². The Morgan fingerprint density at radius 3 is 2.50 bits per heavy atom. The molecule has 2 aromatic carbocycles. The van der Waals surface area contributed by atoms with Crippen molar-refractivity contribution in [3.8, 4) is 0 Å². The third-order valence-corrected chi connectivity index (χ3v) is 6.84. The molecule has 0 saturated heterocycles. The summed E-state index contributed by atoms with van der Waals surface area (Å²) in [4.78, 5) is 31.1. The molecule has 8 heteroatoms. The molecule has 3 rings (SSSR count). The van der Waals surface area contributed by atoms with Crippen LogP contribution in [0.1, 0.15) is 22.4 Å². The molecule has 0 fully saturated rings. The second kappa shape index (κ2) is 13.3. The molecule has 34 heavy (non-hydrogen) atoms.